The molecule has 7 aliphatic rings. The fourth-order valence-corrected chi connectivity index (χ4v) is 20.1. The van der Waals surface area contributed by atoms with Crippen molar-refractivity contribution in [3.05, 3.63) is 5.32 Å². The predicted octanol–water partition coefficient (Wildman–Crippen LogP) is 28.5. The van der Waals surface area contributed by atoms with E-state index in [9.17, 15) is 0 Å². The van der Waals surface area contributed by atoms with Gasteiger partial charge < -0.3 is 14.8 Å². The van der Waals surface area contributed by atoms with Crippen LogP contribution in [0.5, 0.6) is 0 Å². The Morgan fingerprint density at radius 1 is 0.312 bits per heavy atom. The van der Waals surface area contributed by atoms with Gasteiger partial charge in [-0.15, -0.1) is 0 Å². The zero-order chi connectivity index (χ0) is 65.4. The number of ether oxygens (including phenoxy) is 2. The minimum atomic E-state index is 0.194. The van der Waals surface area contributed by atoms with E-state index >= 15 is 0 Å². The molecule has 1 aliphatic heterocycles. The molecular formula is C85H156Cl2FeN3O2. The Morgan fingerprint density at radius 2 is 0.527 bits per heavy atom. The van der Waals surface area contributed by atoms with Crippen molar-refractivity contribution in [2.24, 2.45) is 57.3 Å². The van der Waals surface area contributed by atoms with Gasteiger partial charge in [-0.3, -0.25) is 9.98 Å². The van der Waals surface area contributed by atoms with E-state index in [1.807, 2.05) is 0 Å². The third-order valence-electron chi connectivity index (χ3n) is 25.6. The van der Waals surface area contributed by atoms with Gasteiger partial charge in [-0.25, -0.2) is 0 Å². The molecule has 7 rings (SSSR count). The topological polar surface area (TPSA) is 57.3 Å². The van der Waals surface area contributed by atoms with Crippen molar-refractivity contribution in [3.8, 4) is 0 Å². The molecule has 0 radical (unpaired) electrons. The van der Waals surface area contributed by atoms with Crippen molar-refractivity contribution in [1.29, 1.82) is 0 Å². The Bertz CT molecular complexity index is 1610. The molecule has 6 aliphatic carbocycles. The first-order valence-electron chi connectivity index (χ1n) is 42.8. The molecule has 0 N–H and O–H groups in total. The molecule has 0 spiro atoms. The van der Waals surface area contributed by atoms with Gasteiger partial charge in [0.15, 0.2) is 0 Å². The van der Waals surface area contributed by atoms with Gasteiger partial charge in [-0.2, -0.15) is 0 Å². The summed E-state index contributed by atoms with van der Waals surface area (Å²) >= 11 is 0.194. The van der Waals surface area contributed by atoms with Gasteiger partial charge in [-0.1, -0.05) is 392 Å². The summed E-state index contributed by atoms with van der Waals surface area (Å²) in [5.74, 6) is 6.01. The summed E-state index contributed by atoms with van der Waals surface area (Å²) < 4.78 is 14.8. The second-order valence-corrected chi connectivity index (χ2v) is 34.7. The SMILES string of the molecule is CCCCCCCCCCCCCCCCCCCCOC1C(C2CCCCC2)CC(N=C(C)C2CCCC(C(C)=NC3CC(C4CCCCC4)C(OCCCCCCCCCCCCCCCCCCCC)C(C4CCCCC4)C3)[N-]2)CC1C1CCCCC1.[Cl][Fe+][Cl]. The van der Waals surface area contributed by atoms with Gasteiger partial charge in [-0.05, 0) is 111 Å². The average Bonchev–Trinajstić information content (AvgIpc) is 0.844. The van der Waals surface area contributed by atoms with Crippen LogP contribution in [0.1, 0.15) is 432 Å². The van der Waals surface area contributed by atoms with Gasteiger partial charge in [0, 0.05) is 13.2 Å². The molecule has 8 heteroatoms. The molecule has 6 saturated carbocycles. The Kier molecular flexibility index (Phi) is 47.8. The first kappa shape index (κ1) is 82.3. The monoisotopic (exact) mass is 1380 g/mol. The first-order chi connectivity index (χ1) is 45.9. The number of hydrogen-bond acceptors (Lipinski definition) is 4. The third-order valence-corrected chi connectivity index (χ3v) is 25.6. The van der Waals surface area contributed by atoms with Crippen LogP contribution in [-0.2, 0) is 22.6 Å². The van der Waals surface area contributed by atoms with E-state index in [2.05, 4.69) is 27.7 Å². The van der Waals surface area contributed by atoms with Crippen molar-refractivity contribution in [2.45, 2.75) is 469 Å². The van der Waals surface area contributed by atoms with E-state index in [0.717, 1.165) is 36.9 Å². The molecule has 5 nitrogen and oxygen atoms in total. The van der Waals surface area contributed by atoms with E-state index in [1.54, 1.807) is 0 Å². The average molecular weight is 1380 g/mol. The van der Waals surface area contributed by atoms with Crippen LogP contribution in [0.3, 0.4) is 0 Å². The number of unbranched alkanes of at least 4 members (excludes halogenated alkanes) is 34. The number of halogens is 2. The van der Waals surface area contributed by atoms with Crippen molar-refractivity contribution >= 4 is 31.6 Å². The van der Waals surface area contributed by atoms with Crippen LogP contribution in [0.25, 0.3) is 5.32 Å². The molecular weight excluding hydrogens is 1220 g/mol. The van der Waals surface area contributed by atoms with Gasteiger partial charge in [0.25, 0.3) is 0 Å². The van der Waals surface area contributed by atoms with Crippen LogP contribution in [0.15, 0.2) is 9.98 Å². The van der Waals surface area contributed by atoms with Crippen LogP contribution >= 0.6 is 20.2 Å². The van der Waals surface area contributed by atoms with Crippen molar-refractivity contribution in [1.82, 2.24) is 0 Å². The van der Waals surface area contributed by atoms with E-state index < -0.39 is 0 Å². The van der Waals surface area contributed by atoms with Crippen LogP contribution in [-0.4, -0.2) is 61.0 Å². The summed E-state index contributed by atoms with van der Waals surface area (Å²) in [5, 5.41) is 5.79. The van der Waals surface area contributed by atoms with E-state index in [-0.39, 0.29) is 25.2 Å². The number of piperidine rings is 1. The number of nitrogens with zero attached hydrogens (tertiary/aromatic N) is 3. The Hall–Kier alpha value is 0.319. The van der Waals surface area contributed by atoms with Crippen molar-refractivity contribution in [2.75, 3.05) is 13.2 Å². The van der Waals surface area contributed by atoms with Crippen molar-refractivity contribution in [3.63, 3.8) is 0 Å². The molecule has 1 heterocycles. The number of aliphatic imine (C=N–C) groups is 2. The van der Waals surface area contributed by atoms with Gasteiger partial charge in [0.2, 0.25) is 0 Å². The molecule has 545 valence electrons. The fourth-order valence-electron chi connectivity index (χ4n) is 20.1. The second-order valence-electron chi connectivity index (χ2n) is 32.9. The van der Waals surface area contributed by atoms with E-state index in [1.165, 1.54) is 416 Å². The quantitative estimate of drug-likeness (QED) is 0.0346. The number of rotatable bonds is 48. The molecule has 6 atom stereocenters. The van der Waals surface area contributed by atoms with Crippen LogP contribution < -0.4 is 0 Å². The summed E-state index contributed by atoms with van der Waals surface area (Å²) in [7, 11) is 9.53. The zero-order valence-electron chi connectivity index (χ0n) is 62.3. The fraction of sp³-hybridized carbons (Fsp3) is 0.976. The summed E-state index contributed by atoms with van der Waals surface area (Å²) in [4.78, 5) is 11.8. The van der Waals surface area contributed by atoms with Gasteiger partial charge in [0.1, 0.15) is 0 Å². The molecule has 0 aromatic carbocycles. The minimum absolute atomic E-state index is 0.194. The zero-order valence-corrected chi connectivity index (χ0v) is 64.9. The standard InChI is InChI=1S/C85H156N3O2.2ClH.Fe/c1-5-7-9-11-13-15-17-19-21-23-25-27-29-31-33-35-37-51-64-89-84-78(72-54-43-39-44-55-72)66-76(67-79(84)73-56-45-40-46-57-73)86-70(3)82-62-53-63-83(88-82)71(4)87-77-68-80(74-58-47-41-48-59-74)85(81(69-77)75-60-49-42-50-61-75)90-65-52-38-36-34-32-30-28-26-24-22-20-18-16-14-12-10-8-6-2;;;/h72-85H,5-69H2,1-4H3;2*1H;/q-1;;;+3/p-2. The van der Waals surface area contributed by atoms with Crippen LogP contribution in [0, 0.1) is 47.3 Å². The van der Waals surface area contributed by atoms with E-state index in [4.69, 9.17) is 45.0 Å². The van der Waals surface area contributed by atoms with Crippen LogP contribution in [0.2, 0.25) is 0 Å². The second kappa shape index (κ2) is 54.1. The molecule has 1 saturated heterocycles. The van der Waals surface area contributed by atoms with Crippen molar-refractivity contribution < 1.29 is 22.6 Å². The maximum absolute atomic E-state index is 7.38. The normalized spacial score (nSPS) is 27.8. The molecule has 93 heavy (non-hydrogen) atoms. The molecule has 0 bridgehead atoms. The predicted molar refractivity (Wildman–Crippen MR) is 406 cm³/mol. The molecule has 0 amide bonds. The molecule has 6 unspecified atom stereocenters. The van der Waals surface area contributed by atoms with Gasteiger partial charge >= 0.3 is 33.3 Å². The third kappa shape index (κ3) is 34.2. The molecule has 7 fully saturated rings. The maximum atomic E-state index is 7.38. The molecule has 0 aromatic rings. The van der Waals surface area contributed by atoms with E-state index in [0.29, 0.717) is 48.0 Å². The van der Waals surface area contributed by atoms with Gasteiger partial charge in [0.05, 0.1) is 24.3 Å². The Morgan fingerprint density at radius 3 is 0.753 bits per heavy atom. The summed E-state index contributed by atoms with van der Waals surface area (Å²) in [6, 6.07) is 1.37. The summed E-state index contributed by atoms with van der Waals surface area (Å²) in [6.45, 7) is 11.4. The first-order valence-corrected chi connectivity index (χ1v) is 45.8. The summed E-state index contributed by atoms with van der Waals surface area (Å²) in [6.07, 6.45) is 89.6. The summed E-state index contributed by atoms with van der Waals surface area (Å²) in [5.41, 5.74) is 2.70. The Labute approximate surface area is 594 Å². The number of hydrogen-bond donors (Lipinski definition) is 0. The molecule has 0 aromatic heterocycles. The Balaban J connectivity index is 0.00000448. The van der Waals surface area contributed by atoms with Crippen LogP contribution in [0.4, 0.5) is 0 Å².